The largest absolute Gasteiger partial charge is 0.353 e. The topological polar surface area (TPSA) is 29.1 Å². The van der Waals surface area contributed by atoms with Gasteiger partial charge in [-0.3, -0.25) is 4.79 Å². The summed E-state index contributed by atoms with van der Waals surface area (Å²) in [6.45, 7) is 4.02. The van der Waals surface area contributed by atoms with Crippen LogP contribution in [0.2, 0.25) is 0 Å². The summed E-state index contributed by atoms with van der Waals surface area (Å²) in [6.07, 6.45) is 8.99. The normalized spacial score (nSPS) is 8.27. The molecule has 0 aliphatic carbocycles. The molecule has 1 N–H and O–H groups in total. The van der Waals surface area contributed by atoms with Gasteiger partial charge in [0, 0.05) is 13.0 Å². The fourth-order valence-corrected chi connectivity index (χ4v) is 0.636. The fourth-order valence-electron chi connectivity index (χ4n) is 0.636. The number of carbonyl (C=O) groups is 1. The first kappa shape index (κ1) is 9.77. The predicted molar refractivity (Wildman–Crippen MR) is 45.9 cm³/mol. The third kappa shape index (κ3) is 6.66. The highest BCUT2D eigenvalue weighted by atomic mass is 16.1. The molecule has 0 bridgehead atoms. The number of terminal acetylenes is 1. The van der Waals surface area contributed by atoms with Crippen molar-refractivity contribution >= 4 is 5.91 Å². The van der Waals surface area contributed by atoms with Gasteiger partial charge in [0.05, 0.1) is 0 Å². The molecule has 11 heavy (non-hydrogen) atoms. The average molecular weight is 151 g/mol. The number of rotatable bonds is 5. The number of nitrogens with one attached hydrogen (secondary N) is 1. The lowest BCUT2D eigenvalue weighted by Crippen LogP contribution is -2.21. The molecule has 0 aromatic carbocycles. The summed E-state index contributed by atoms with van der Waals surface area (Å²) in [4.78, 5) is 10.6. The van der Waals surface area contributed by atoms with Gasteiger partial charge in [0.2, 0.25) is 5.91 Å². The molecule has 0 aromatic heterocycles. The van der Waals surface area contributed by atoms with E-state index in [-0.39, 0.29) is 5.91 Å². The maximum Gasteiger partial charge on any atom is 0.243 e. The van der Waals surface area contributed by atoms with Crippen LogP contribution < -0.4 is 5.32 Å². The van der Waals surface area contributed by atoms with Crippen LogP contribution in [0.3, 0.4) is 0 Å². The third-order valence-corrected chi connectivity index (χ3v) is 1.23. The molecule has 0 saturated heterocycles. The van der Waals surface area contributed by atoms with Crippen molar-refractivity contribution in [1.82, 2.24) is 5.32 Å². The van der Waals surface area contributed by atoms with Gasteiger partial charge in [-0.2, -0.15) is 0 Å². The first-order valence-electron chi connectivity index (χ1n) is 3.65. The molecule has 0 aliphatic rings. The summed E-state index contributed by atoms with van der Waals surface area (Å²) >= 11 is 0. The van der Waals surface area contributed by atoms with Crippen molar-refractivity contribution in [3.05, 3.63) is 12.7 Å². The third-order valence-electron chi connectivity index (χ3n) is 1.23. The van der Waals surface area contributed by atoms with E-state index in [0.717, 1.165) is 19.3 Å². The minimum Gasteiger partial charge on any atom is -0.353 e. The number of amides is 1. The van der Waals surface area contributed by atoms with Crippen LogP contribution in [0.15, 0.2) is 12.7 Å². The van der Waals surface area contributed by atoms with Gasteiger partial charge in [0.1, 0.15) is 0 Å². The van der Waals surface area contributed by atoms with E-state index in [1.807, 2.05) is 0 Å². The molecule has 0 radical (unpaired) electrons. The first-order chi connectivity index (χ1) is 5.31. The number of carbonyl (C=O) groups excluding carboxylic acids is 1. The van der Waals surface area contributed by atoms with Crippen LogP contribution in [-0.4, -0.2) is 12.5 Å². The molecule has 0 saturated carbocycles. The van der Waals surface area contributed by atoms with Crippen LogP contribution in [0.4, 0.5) is 0 Å². The Labute approximate surface area is 67.7 Å². The second kappa shape index (κ2) is 6.88. The van der Waals surface area contributed by atoms with E-state index in [1.54, 1.807) is 0 Å². The van der Waals surface area contributed by atoms with E-state index >= 15 is 0 Å². The van der Waals surface area contributed by atoms with Crippen LogP contribution in [0.1, 0.15) is 19.3 Å². The number of unbranched alkanes of at least 4 members (excludes halogenated alkanes) is 2. The lowest BCUT2D eigenvalue weighted by Gasteiger charge is -1.98. The van der Waals surface area contributed by atoms with Gasteiger partial charge >= 0.3 is 0 Å². The Hall–Kier alpha value is -1.23. The van der Waals surface area contributed by atoms with Gasteiger partial charge in [0.25, 0.3) is 0 Å². The van der Waals surface area contributed by atoms with Crippen LogP contribution in [0.5, 0.6) is 0 Å². The van der Waals surface area contributed by atoms with Gasteiger partial charge in [-0.1, -0.05) is 6.58 Å². The van der Waals surface area contributed by atoms with Gasteiger partial charge < -0.3 is 5.32 Å². The Morgan fingerprint density at radius 3 is 2.91 bits per heavy atom. The first-order valence-corrected chi connectivity index (χ1v) is 3.65. The zero-order chi connectivity index (χ0) is 8.53. The van der Waals surface area contributed by atoms with Crippen LogP contribution in [0, 0.1) is 12.3 Å². The summed E-state index contributed by atoms with van der Waals surface area (Å²) in [5, 5.41) is 2.67. The summed E-state index contributed by atoms with van der Waals surface area (Å²) in [5.41, 5.74) is 0. The SMILES string of the molecule is C#CCCCCNC(=O)C=C. The minimum absolute atomic E-state index is 0.120. The summed E-state index contributed by atoms with van der Waals surface area (Å²) < 4.78 is 0. The van der Waals surface area contributed by atoms with Crippen molar-refractivity contribution in [3.8, 4) is 12.3 Å². The smallest absolute Gasteiger partial charge is 0.243 e. The van der Waals surface area contributed by atoms with E-state index in [1.165, 1.54) is 6.08 Å². The molecular weight excluding hydrogens is 138 g/mol. The molecule has 0 atom stereocenters. The second-order valence-electron chi connectivity index (χ2n) is 2.16. The van der Waals surface area contributed by atoms with Crippen molar-refractivity contribution in [3.63, 3.8) is 0 Å². The van der Waals surface area contributed by atoms with E-state index < -0.39 is 0 Å². The fraction of sp³-hybridized carbons (Fsp3) is 0.444. The van der Waals surface area contributed by atoms with E-state index in [0.29, 0.717) is 6.54 Å². The molecule has 1 amide bonds. The standard InChI is InChI=1S/C9H13NO/c1-3-5-6-7-8-10-9(11)4-2/h1,4H,2,5-8H2,(H,10,11). The van der Waals surface area contributed by atoms with E-state index in [2.05, 4.69) is 17.8 Å². The van der Waals surface area contributed by atoms with Gasteiger partial charge in [-0.25, -0.2) is 0 Å². The Kier molecular flexibility index (Phi) is 6.11. The van der Waals surface area contributed by atoms with Crippen molar-refractivity contribution in [1.29, 1.82) is 0 Å². The highest BCUT2D eigenvalue weighted by Crippen LogP contribution is 1.90. The summed E-state index contributed by atoms with van der Waals surface area (Å²) in [7, 11) is 0. The Balaban J connectivity index is 3.09. The molecule has 2 nitrogen and oxygen atoms in total. The summed E-state index contributed by atoms with van der Waals surface area (Å²) in [5.74, 6) is 2.42. The Bertz CT molecular complexity index is 167. The quantitative estimate of drug-likeness (QED) is 0.356. The van der Waals surface area contributed by atoms with Crippen molar-refractivity contribution < 1.29 is 4.79 Å². The van der Waals surface area contributed by atoms with Crippen LogP contribution in [0.25, 0.3) is 0 Å². The lowest BCUT2D eigenvalue weighted by atomic mass is 10.2. The zero-order valence-electron chi connectivity index (χ0n) is 6.60. The second-order valence-corrected chi connectivity index (χ2v) is 2.16. The Morgan fingerprint density at radius 1 is 1.64 bits per heavy atom. The number of hydrogen-bond acceptors (Lipinski definition) is 1. The molecule has 0 spiro atoms. The van der Waals surface area contributed by atoms with Crippen LogP contribution in [-0.2, 0) is 4.79 Å². The molecule has 0 fully saturated rings. The average Bonchev–Trinajstić information content (AvgIpc) is 2.04. The summed E-state index contributed by atoms with van der Waals surface area (Å²) in [6, 6.07) is 0. The van der Waals surface area contributed by atoms with E-state index in [9.17, 15) is 4.79 Å². The number of hydrogen-bond donors (Lipinski definition) is 1. The van der Waals surface area contributed by atoms with Crippen molar-refractivity contribution in [2.75, 3.05) is 6.54 Å². The monoisotopic (exact) mass is 151 g/mol. The molecule has 2 heteroatoms. The lowest BCUT2D eigenvalue weighted by molar-refractivity contribution is -0.116. The molecular formula is C9H13NO. The molecule has 60 valence electrons. The van der Waals surface area contributed by atoms with Gasteiger partial charge in [-0.15, -0.1) is 12.3 Å². The molecule has 0 rings (SSSR count). The van der Waals surface area contributed by atoms with Crippen molar-refractivity contribution in [2.45, 2.75) is 19.3 Å². The molecule has 0 unspecified atom stereocenters. The highest BCUT2D eigenvalue weighted by molar-refractivity contribution is 5.86. The molecule has 0 heterocycles. The van der Waals surface area contributed by atoms with Gasteiger partial charge in [-0.05, 0) is 18.9 Å². The maximum atomic E-state index is 10.6. The van der Waals surface area contributed by atoms with Crippen molar-refractivity contribution in [2.24, 2.45) is 0 Å². The Morgan fingerprint density at radius 2 is 2.36 bits per heavy atom. The molecule has 0 aromatic rings. The zero-order valence-corrected chi connectivity index (χ0v) is 6.60. The molecule has 0 aliphatic heterocycles. The van der Waals surface area contributed by atoms with E-state index in [4.69, 9.17) is 6.42 Å². The highest BCUT2D eigenvalue weighted by Gasteiger charge is 1.90. The van der Waals surface area contributed by atoms with Gasteiger partial charge in [0.15, 0.2) is 0 Å². The maximum absolute atomic E-state index is 10.6. The van der Waals surface area contributed by atoms with Crippen LogP contribution >= 0.6 is 0 Å². The predicted octanol–water partition coefficient (Wildman–Crippen LogP) is 1.09. The minimum atomic E-state index is -0.120.